The van der Waals surface area contributed by atoms with Gasteiger partial charge in [-0.3, -0.25) is 18.9 Å². The van der Waals surface area contributed by atoms with Crippen LogP contribution in [0.15, 0.2) is 53.6 Å². The molecule has 0 radical (unpaired) electrons. The quantitative estimate of drug-likeness (QED) is 0.650. The van der Waals surface area contributed by atoms with Gasteiger partial charge < -0.3 is 5.32 Å². The van der Waals surface area contributed by atoms with E-state index in [9.17, 15) is 18.0 Å². The van der Waals surface area contributed by atoms with Crippen molar-refractivity contribution in [1.82, 2.24) is 14.9 Å². The first-order valence-corrected chi connectivity index (χ1v) is 10.4. The highest BCUT2D eigenvalue weighted by Gasteiger charge is 2.09. The van der Waals surface area contributed by atoms with Crippen molar-refractivity contribution < 1.29 is 13.2 Å². The van der Waals surface area contributed by atoms with Crippen molar-refractivity contribution in [1.29, 1.82) is 0 Å². The number of sulfonamides is 1. The third-order valence-electron chi connectivity index (χ3n) is 4.09. The van der Waals surface area contributed by atoms with E-state index >= 15 is 0 Å². The van der Waals surface area contributed by atoms with E-state index in [1.54, 1.807) is 36.4 Å². The van der Waals surface area contributed by atoms with Gasteiger partial charge in [0, 0.05) is 12.2 Å². The first-order valence-electron chi connectivity index (χ1n) is 8.51. The smallest absolute Gasteiger partial charge is 0.261 e. The molecule has 0 fully saturated rings. The first-order chi connectivity index (χ1) is 13.2. The lowest BCUT2D eigenvalue weighted by Crippen LogP contribution is -2.32. The van der Waals surface area contributed by atoms with Gasteiger partial charge in [0.2, 0.25) is 15.9 Å². The maximum absolute atomic E-state index is 12.5. The minimum absolute atomic E-state index is 0.156. The molecule has 2 N–H and O–H groups in total. The Hall–Kier alpha value is -3.20. The van der Waals surface area contributed by atoms with Crippen molar-refractivity contribution in [3.63, 3.8) is 0 Å². The van der Waals surface area contributed by atoms with Crippen molar-refractivity contribution in [3.05, 3.63) is 70.3 Å². The molecule has 1 aromatic heterocycles. The summed E-state index contributed by atoms with van der Waals surface area (Å²) in [7, 11) is -3.37. The van der Waals surface area contributed by atoms with Crippen LogP contribution in [0.4, 0.5) is 5.69 Å². The summed E-state index contributed by atoms with van der Waals surface area (Å²) in [6.07, 6.45) is 2.44. The zero-order chi connectivity index (χ0) is 20.3. The molecular weight excluding hydrogens is 380 g/mol. The van der Waals surface area contributed by atoms with Gasteiger partial charge in [-0.2, -0.15) is 0 Å². The number of benzene rings is 2. The summed E-state index contributed by atoms with van der Waals surface area (Å²) in [6.45, 7) is 1.92. The van der Waals surface area contributed by atoms with Crippen LogP contribution in [0.25, 0.3) is 10.9 Å². The third-order valence-corrected chi connectivity index (χ3v) is 4.70. The normalized spacial score (nSPS) is 11.4. The van der Waals surface area contributed by atoms with E-state index in [1.807, 2.05) is 13.0 Å². The number of aromatic nitrogens is 2. The highest BCUT2D eigenvalue weighted by Crippen LogP contribution is 2.12. The Bertz CT molecular complexity index is 1200. The van der Waals surface area contributed by atoms with Gasteiger partial charge in [0.1, 0.15) is 6.54 Å². The standard InChI is InChI=1S/C19H20N4O4S/c1-13-5-3-8-16-18(13)21-12-23(19(16)25)11-17(24)20-10-14-6-4-7-15(9-14)22-28(2,26)27/h3-9,12,22H,10-11H2,1-2H3,(H,20,24). The molecule has 2 aromatic carbocycles. The lowest BCUT2D eigenvalue weighted by molar-refractivity contribution is -0.121. The fraction of sp³-hybridized carbons (Fsp3) is 0.211. The number of nitrogens with zero attached hydrogens (tertiary/aromatic N) is 2. The molecule has 0 aliphatic heterocycles. The van der Waals surface area contributed by atoms with E-state index < -0.39 is 10.0 Å². The molecule has 0 spiro atoms. The molecule has 146 valence electrons. The van der Waals surface area contributed by atoms with Gasteiger partial charge >= 0.3 is 0 Å². The molecule has 1 amide bonds. The van der Waals surface area contributed by atoms with Gasteiger partial charge in [0.25, 0.3) is 5.56 Å². The zero-order valence-corrected chi connectivity index (χ0v) is 16.3. The Kier molecular flexibility index (Phi) is 5.46. The summed E-state index contributed by atoms with van der Waals surface area (Å²) in [6, 6.07) is 12.0. The van der Waals surface area contributed by atoms with Crippen LogP contribution >= 0.6 is 0 Å². The van der Waals surface area contributed by atoms with E-state index in [-0.39, 0.29) is 24.6 Å². The second-order valence-electron chi connectivity index (χ2n) is 6.50. The molecule has 0 unspecified atom stereocenters. The average molecular weight is 400 g/mol. The number of para-hydroxylation sites is 1. The van der Waals surface area contributed by atoms with Crippen LogP contribution in [0.5, 0.6) is 0 Å². The van der Waals surface area contributed by atoms with Crippen LogP contribution in [0.1, 0.15) is 11.1 Å². The molecule has 0 saturated carbocycles. The molecule has 8 nitrogen and oxygen atoms in total. The Labute approximate surface area is 162 Å². The minimum atomic E-state index is -3.37. The lowest BCUT2D eigenvalue weighted by atomic mass is 10.1. The molecule has 3 rings (SSSR count). The maximum Gasteiger partial charge on any atom is 0.261 e. The topological polar surface area (TPSA) is 110 Å². The number of nitrogens with one attached hydrogen (secondary N) is 2. The summed E-state index contributed by atoms with van der Waals surface area (Å²) < 4.78 is 26.3. The Morgan fingerprint density at radius 3 is 2.68 bits per heavy atom. The predicted molar refractivity (Wildman–Crippen MR) is 107 cm³/mol. The summed E-state index contributed by atoms with van der Waals surface area (Å²) in [4.78, 5) is 29.1. The number of amides is 1. The highest BCUT2D eigenvalue weighted by molar-refractivity contribution is 7.92. The monoisotopic (exact) mass is 400 g/mol. The highest BCUT2D eigenvalue weighted by atomic mass is 32.2. The molecule has 0 aliphatic rings. The molecule has 0 bridgehead atoms. The molecular formula is C19H20N4O4S. The second-order valence-corrected chi connectivity index (χ2v) is 8.25. The van der Waals surface area contributed by atoms with Gasteiger partial charge in [-0.05, 0) is 36.2 Å². The van der Waals surface area contributed by atoms with Crippen molar-refractivity contribution in [2.24, 2.45) is 0 Å². The maximum atomic E-state index is 12.5. The van der Waals surface area contributed by atoms with Crippen molar-refractivity contribution >= 4 is 32.5 Å². The van der Waals surface area contributed by atoms with E-state index in [1.165, 1.54) is 10.9 Å². The lowest BCUT2D eigenvalue weighted by Gasteiger charge is -2.10. The predicted octanol–water partition coefficient (Wildman–Crippen LogP) is 1.39. The number of carbonyl (C=O) groups excluding carboxylic acids is 1. The average Bonchev–Trinajstić information content (AvgIpc) is 2.62. The zero-order valence-electron chi connectivity index (χ0n) is 15.5. The van der Waals surface area contributed by atoms with Crippen LogP contribution < -0.4 is 15.6 Å². The summed E-state index contributed by atoms with van der Waals surface area (Å²) >= 11 is 0. The summed E-state index contributed by atoms with van der Waals surface area (Å²) in [5, 5.41) is 3.19. The number of anilines is 1. The number of carbonyl (C=O) groups is 1. The molecule has 0 saturated heterocycles. The molecule has 9 heteroatoms. The van der Waals surface area contributed by atoms with E-state index in [0.717, 1.165) is 17.4 Å². The second kappa shape index (κ2) is 7.81. The number of rotatable bonds is 6. The fourth-order valence-electron chi connectivity index (χ4n) is 2.82. The van der Waals surface area contributed by atoms with Crippen LogP contribution in [0, 0.1) is 6.92 Å². The van der Waals surface area contributed by atoms with E-state index in [2.05, 4.69) is 15.0 Å². The van der Waals surface area contributed by atoms with Gasteiger partial charge in [0.15, 0.2) is 0 Å². The van der Waals surface area contributed by atoms with Crippen molar-refractivity contribution in [3.8, 4) is 0 Å². The van der Waals surface area contributed by atoms with E-state index in [4.69, 9.17) is 0 Å². The fourth-order valence-corrected chi connectivity index (χ4v) is 3.38. The van der Waals surface area contributed by atoms with Gasteiger partial charge in [-0.15, -0.1) is 0 Å². The van der Waals surface area contributed by atoms with Gasteiger partial charge in [-0.25, -0.2) is 13.4 Å². The van der Waals surface area contributed by atoms with Crippen molar-refractivity contribution in [2.75, 3.05) is 11.0 Å². The SMILES string of the molecule is Cc1cccc2c(=O)n(CC(=O)NCc3cccc(NS(C)(=O)=O)c3)cnc12. The summed E-state index contributed by atoms with van der Waals surface area (Å²) in [5.74, 6) is -0.350. The van der Waals surface area contributed by atoms with Crippen LogP contribution in [-0.2, 0) is 27.9 Å². The largest absolute Gasteiger partial charge is 0.350 e. The van der Waals surface area contributed by atoms with Crippen LogP contribution in [0.3, 0.4) is 0 Å². The van der Waals surface area contributed by atoms with Gasteiger partial charge in [0.05, 0.1) is 23.5 Å². The number of aryl methyl sites for hydroxylation is 1. The van der Waals surface area contributed by atoms with Gasteiger partial charge in [-0.1, -0.05) is 24.3 Å². The Balaban J connectivity index is 1.68. The Morgan fingerprint density at radius 2 is 1.93 bits per heavy atom. The molecule has 0 aliphatic carbocycles. The van der Waals surface area contributed by atoms with Crippen LogP contribution in [-0.4, -0.2) is 30.1 Å². The Morgan fingerprint density at radius 1 is 1.18 bits per heavy atom. The van der Waals surface area contributed by atoms with Crippen molar-refractivity contribution in [2.45, 2.75) is 20.0 Å². The molecule has 3 aromatic rings. The molecule has 0 atom stereocenters. The summed E-state index contributed by atoms with van der Waals surface area (Å²) in [5.41, 5.74) is 2.39. The first kappa shape index (κ1) is 19.6. The number of hydrogen-bond donors (Lipinski definition) is 2. The molecule has 1 heterocycles. The number of fused-ring (bicyclic) bond motifs is 1. The van der Waals surface area contributed by atoms with E-state index in [0.29, 0.717) is 16.6 Å². The minimum Gasteiger partial charge on any atom is -0.350 e. The molecule has 28 heavy (non-hydrogen) atoms. The third kappa shape index (κ3) is 4.74. The van der Waals surface area contributed by atoms with Crippen LogP contribution in [0.2, 0.25) is 0 Å². The number of hydrogen-bond acceptors (Lipinski definition) is 5.